The molecule has 2 aromatic carbocycles. The quantitative estimate of drug-likeness (QED) is 0.544. The molecular formula is C17H9Cl2F3N2O4. The molecule has 0 aliphatic heterocycles. The molecule has 146 valence electrons. The maximum absolute atomic E-state index is 12.6. The summed E-state index contributed by atoms with van der Waals surface area (Å²) >= 11 is 11.1. The van der Waals surface area contributed by atoms with Gasteiger partial charge in [0.25, 0.3) is 0 Å². The van der Waals surface area contributed by atoms with Gasteiger partial charge in [-0.05, 0) is 42.5 Å². The molecule has 0 saturated carbocycles. The molecule has 0 atom stereocenters. The standard InChI is InChI=1S/C17H9Cl2F3N2O4/c18-12-5-6-13(27-15(19)25)10(7-12)8-24-16(26)28-14(23-24)9-1-3-11(4-2-9)17(20,21)22/h1-7H,8H2. The fraction of sp³-hybridized carbons (Fsp3) is 0.118. The van der Waals surface area contributed by atoms with Gasteiger partial charge in [0.05, 0.1) is 12.1 Å². The van der Waals surface area contributed by atoms with Crippen molar-refractivity contribution in [3.63, 3.8) is 0 Å². The number of carbonyl (C=O) groups is 1. The molecule has 0 amide bonds. The number of hydrogen-bond acceptors (Lipinski definition) is 5. The Kier molecular flexibility index (Phi) is 5.48. The molecule has 0 unspecified atom stereocenters. The number of carbonyl (C=O) groups excluding carboxylic acids is 1. The van der Waals surface area contributed by atoms with Gasteiger partial charge in [-0.25, -0.2) is 9.59 Å². The first-order valence-electron chi connectivity index (χ1n) is 7.55. The summed E-state index contributed by atoms with van der Waals surface area (Å²) in [7, 11) is 0. The lowest BCUT2D eigenvalue weighted by Gasteiger charge is -2.08. The van der Waals surface area contributed by atoms with Crippen molar-refractivity contribution in [3.8, 4) is 17.2 Å². The van der Waals surface area contributed by atoms with E-state index in [0.717, 1.165) is 28.9 Å². The van der Waals surface area contributed by atoms with E-state index >= 15 is 0 Å². The largest absolute Gasteiger partial charge is 0.437 e. The lowest BCUT2D eigenvalue weighted by molar-refractivity contribution is -0.137. The number of aromatic nitrogens is 2. The zero-order valence-corrected chi connectivity index (χ0v) is 15.2. The van der Waals surface area contributed by atoms with Gasteiger partial charge in [-0.15, -0.1) is 5.10 Å². The van der Waals surface area contributed by atoms with Crippen LogP contribution in [0.2, 0.25) is 5.02 Å². The van der Waals surface area contributed by atoms with Crippen molar-refractivity contribution in [1.82, 2.24) is 9.78 Å². The van der Waals surface area contributed by atoms with E-state index in [0.29, 0.717) is 10.6 Å². The van der Waals surface area contributed by atoms with Crippen molar-refractivity contribution < 1.29 is 27.1 Å². The van der Waals surface area contributed by atoms with E-state index in [2.05, 4.69) is 5.10 Å². The fourth-order valence-electron chi connectivity index (χ4n) is 2.34. The predicted molar refractivity (Wildman–Crippen MR) is 93.6 cm³/mol. The summed E-state index contributed by atoms with van der Waals surface area (Å²) in [5.74, 6) is -0.968. The van der Waals surface area contributed by atoms with Crippen LogP contribution in [-0.2, 0) is 12.7 Å². The average molecular weight is 433 g/mol. The molecule has 1 heterocycles. The Balaban J connectivity index is 1.91. The van der Waals surface area contributed by atoms with Gasteiger partial charge in [0.1, 0.15) is 5.75 Å². The number of alkyl halides is 3. The van der Waals surface area contributed by atoms with Gasteiger partial charge in [0.2, 0.25) is 5.89 Å². The molecule has 0 N–H and O–H groups in total. The smallest absolute Gasteiger partial charge is 0.414 e. The highest BCUT2D eigenvalue weighted by molar-refractivity contribution is 6.61. The zero-order valence-electron chi connectivity index (χ0n) is 13.7. The molecule has 6 nitrogen and oxygen atoms in total. The minimum atomic E-state index is -4.48. The second-order valence-corrected chi connectivity index (χ2v) is 6.24. The first kappa shape index (κ1) is 20.0. The molecule has 0 saturated heterocycles. The number of rotatable bonds is 4. The van der Waals surface area contributed by atoms with Crippen LogP contribution in [0, 0.1) is 0 Å². The number of halogens is 5. The van der Waals surface area contributed by atoms with Gasteiger partial charge >= 0.3 is 17.4 Å². The third-order valence-electron chi connectivity index (χ3n) is 3.60. The molecule has 3 rings (SSSR count). The Labute approximate surface area is 165 Å². The highest BCUT2D eigenvalue weighted by Gasteiger charge is 2.30. The molecule has 0 aliphatic rings. The van der Waals surface area contributed by atoms with Gasteiger partial charge in [0, 0.05) is 27.8 Å². The van der Waals surface area contributed by atoms with Crippen LogP contribution in [0.3, 0.4) is 0 Å². The van der Waals surface area contributed by atoms with Crippen LogP contribution in [0.15, 0.2) is 51.7 Å². The van der Waals surface area contributed by atoms with E-state index in [1.54, 1.807) is 0 Å². The second-order valence-electron chi connectivity index (χ2n) is 5.50. The SMILES string of the molecule is O=C(Cl)Oc1ccc(Cl)cc1Cn1nc(-c2ccc(C(F)(F)F)cc2)oc1=O. The monoisotopic (exact) mass is 432 g/mol. The van der Waals surface area contributed by atoms with Crippen LogP contribution in [0.5, 0.6) is 5.75 Å². The van der Waals surface area contributed by atoms with Crippen molar-refractivity contribution in [2.75, 3.05) is 0 Å². The van der Waals surface area contributed by atoms with Crippen molar-refractivity contribution in [1.29, 1.82) is 0 Å². The number of benzene rings is 2. The van der Waals surface area contributed by atoms with E-state index < -0.39 is 22.9 Å². The Bertz CT molecular complexity index is 1080. The van der Waals surface area contributed by atoms with E-state index in [-0.39, 0.29) is 23.7 Å². The van der Waals surface area contributed by atoms with E-state index in [1.807, 2.05) is 0 Å². The van der Waals surface area contributed by atoms with Gasteiger partial charge in [-0.3, -0.25) is 0 Å². The molecule has 1 aromatic heterocycles. The third kappa shape index (κ3) is 4.55. The zero-order chi connectivity index (χ0) is 20.5. The molecule has 0 radical (unpaired) electrons. The van der Waals surface area contributed by atoms with Crippen LogP contribution in [0.25, 0.3) is 11.5 Å². The first-order chi connectivity index (χ1) is 13.1. The third-order valence-corrected chi connectivity index (χ3v) is 3.91. The number of hydrogen-bond donors (Lipinski definition) is 0. The lowest BCUT2D eigenvalue weighted by atomic mass is 10.1. The maximum atomic E-state index is 12.6. The Morgan fingerprint density at radius 2 is 1.86 bits per heavy atom. The molecule has 0 spiro atoms. The number of ether oxygens (including phenoxy) is 1. The molecular weight excluding hydrogens is 424 g/mol. The summed E-state index contributed by atoms with van der Waals surface area (Å²) in [6.45, 7) is -0.178. The summed E-state index contributed by atoms with van der Waals surface area (Å²) < 4.78 is 48.7. The van der Waals surface area contributed by atoms with Crippen molar-refractivity contribution in [3.05, 3.63) is 69.2 Å². The minimum absolute atomic E-state index is 0.0652. The number of nitrogens with zero attached hydrogens (tertiary/aromatic N) is 2. The summed E-state index contributed by atoms with van der Waals surface area (Å²) in [6.07, 6.45) is -4.48. The average Bonchev–Trinajstić information content (AvgIpc) is 2.97. The summed E-state index contributed by atoms with van der Waals surface area (Å²) in [4.78, 5) is 23.0. The summed E-state index contributed by atoms with van der Waals surface area (Å²) in [5, 5.41) is 4.27. The first-order valence-corrected chi connectivity index (χ1v) is 8.30. The van der Waals surface area contributed by atoms with Crippen molar-refractivity contribution >= 4 is 28.6 Å². The molecule has 28 heavy (non-hydrogen) atoms. The van der Waals surface area contributed by atoms with Crippen molar-refractivity contribution in [2.24, 2.45) is 0 Å². The highest BCUT2D eigenvalue weighted by Crippen LogP contribution is 2.30. The van der Waals surface area contributed by atoms with Gasteiger partial charge in [0.15, 0.2) is 0 Å². The van der Waals surface area contributed by atoms with Crippen LogP contribution in [0.1, 0.15) is 11.1 Å². The Morgan fingerprint density at radius 3 is 2.46 bits per heavy atom. The lowest BCUT2D eigenvalue weighted by Crippen LogP contribution is -2.17. The molecule has 0 aliphatic carbocycles. The topological polar surface area (TPSA) is 74.3 Å². The normalized spacial score (nSPS) is 11.5. The van der Waals surface area contributed by atoms with Gasteiger partial charge in [-0.2, -0.15) is 17.9 Å². The van der Waals surface area contributed by atoms with Crippen LogP contribution in [0.4, 0.5) is 18.0 Å². The van der Waals surface area contributed by atoms with Crippen LogP contribution < -0.4 is 10.5 Å². The highest BCUT2D eigenvalue weighted by atomic mass is 35.5. The van der Waals surface area contributed by atoms with Crippen LogP contribution in [-0.4, -0.2) is 15.2 Å². The second kappa shape index (κ2) is 7.69. The van der Waals surface area contributed by atoms with Crippen LogP contribution >= 0.6 is 23.2 Å². The molecule has 3 aromatic rings. The summed E-state index contributed by atoms with van der Waals surface area (Å²) in [5.41, 5.74) is -1.43. The van der Waals surface area contributed by atoms with Crippen molar-refractivity contribution in [2.45, 2.75) is 12.7 Å². The molecule has 0 bridgehead atoms. The van der Waals surface area contributed by atoms with Gasteiger partial charge in [-0.1, -0.05) is 11.6 Å². The van der Waals surface area contributed by atoms with E-state index in [9.17, 15) is 22.8 Å². The summed E-state index contributed by atoms with van der Waals surface area (Å²) in [6, 6.07) is 8.26. The van der Waals surface area contributed by atoms with E-state index in [4.69, 9.17) is 32.4 Å². The molecule has 11 heteroatoms. The Hall–Kier alpha value is -2.78. The predicted octanol–water partition coefficient (Wildman–Crippen LogP) is 4.96. The Morgan fingerprint density at radius 1 is 1.18 bits per heavy atom. The minimum Gasteiger partial charge on any atom is -0.414 e. The maximum Gasteiger partial charge on any atom is 0.437 e. The fourth-order valence-corrected chi connectivity index (χ4v) is 2.62. The van der Waals surface area contributed by atoms with Gasteiger partial charge < -0.3 is 9.15 Å². The van der Waals surface area contributed by atoms with E-state index in [1.165, 1.54) is 18.2 Å². The molecule has 0 fully saturated rings.